The van der Waals surface area contributed by atoms with Crippen molar-refractivity contribution in [1.82, 2.24) is 24.8 Å². The molecule has 0 radical (unpaired) electrons. The molecule has 2 aromatic heterocycles. The Bertz CT molecular complexity index is 2720. The Kier molecular flexibility index (Phi) is 13.5. The summed E-state index contributed by atoms with van der Waals surface area (Å²) in [6.07, 6.45) is -3.69. The lowest BCUT2D eigenvalue weighted by Gasteiger charge is -2.42. The summed E-state index contributed by atoms with van der Waals surface area (Å²) in [5.74, 6) is -3.07. The molecule has 380 valence electrons. The van der Waals surface area contributed by atoms with Gasteiger partial charge in [0.25, 0.3) is 5.92 Å². The molecule has 3 atom stereocenters. The van der Waals surface area contributed by atoms with Crippen molar-refractivity contribution in [3.05, 3.63) is 88.2 Å². The molecule has 4 aliphatic heterocycles. The molecule has 2 bridgehead atoms. The topological polar surface area (TPSA) is 115 Å². The number of anilines is 2. The zero-order valence-electron chi connectivity index (χ0n) is 40.3. The molecule has 13 nitrogen and oxygen atoms in total. The molecule has 20 heteroatoms. The van der Waals surface area contributed by atoms with Gasteiger partial charge in [0.2, 0.25) is 0 Å². The number of fused-ring (bicyclic) bond motifs is 4. The number of pyridine rings is 1. The molecule has 4 aliphatic rings. The summed E-state index contributed by atoms with van der Waals surface area (Å²) in [5.41, 5.74) is -3.57. The molecule has 6 heterocycles. The molecule has 5 aromatic rings. The van der Waals surface area contributed by atoms with E-state index in [1.807, 2.05) is 29.2 Å². The van der Waals surface area contributed by atoms with E-state index in [1.54, 1.807) is 66.7 Å². The third-order valence-electron chi connectivity index (χ3n) is 13.6. The predicted octanol–water partition coefficient (Wildman–Crippen LogP) is 11.0. The van der Waals surface area contributed by atoms with E-state index in [0.717, 1.165) is 17.2 Å². The van der Waals surface area contributed by atoms with Crippen LogP contribution in [0.25, 0.3) is 22.2 Å². The number of hydrogen-bond acceptors (Lipinski definition) is 12. The molecule has 0 unspecified atom stereocenters. The van der Waals surface area contributed by atoms with Gasteiger partial charge in [-0.15, -0.1) is 0 Å². The Balaban J connectivity index is 1.20. The minimum atomic E-state index is -5.05. The van der Waals surface area contributed by atoms with E-state index in [1.165, 1.54) is 20.3 Å². The third kappa shape index (κ3) is 10.1. The zero-order valence-corrected chi connectivity index (χ0v) is 41.1. The minimum Gasteiger partial charge on any atom is -0.497 e. The molecule has 4 fully saturated rings. The molecule has 1 amide bonds. The van der Waals surface area contributed by atoms with Crippen molar-refractivity contribution in [2.24, 2.45) is 0 Å². The Morgan fingerprint density at radius 3 is 2.06 bits per heavy atom. The van der Waals surface area contributed by atoms with E-state index in [9.17, 15) is 13.6 Å². The Hall–Kier alpha value is -5.95. The minimum absolute atomic E-state index is 0.0472. The fourth-order valence-corrected chi connectivity index (χ4v) is 10.9. The summed E-state index contributed by atoms with van der Waals surface area (Å²) < 4.78 is 123. The van der Waals surface area contributed by atoms with Gasteiger partial charge in [-0.1, -0.05) is 35.9 Å². The quantitative estimate of drug-likeness (QED) is 0.0987. The van der Waals surface area contributed by atoms with Crippen LogP contribution in [0.5, 0.6) is 23.3 Å². The maximum absolute atomic E-state index is 18.1. The summed E-state index contributed by atoms with van der Waals surface area (Å²) in [5, 5.41) is -0.555. The first-order chi connectivity index (χ1) is 33.7. The Morgan fingerprint density at radius 2 is 1.49 bits per heavy atom. The van der Waals surface area contributed by atoms with Gasteiger partial charge in [0.05, 0.1) is 72.2 Å². The van der Waals surface area contributed by atoms with Crippen LogP contribution in [0.1, 0.15) is 76.5 Å². The zero-order chi connectivity index (χ0) is 50.6. The highest BCUT2D eigenvalue weighted by molar-refractivity contribution is 6.36. The number of piperazine rings is 1. The number of alkyl halides is 5. The number of carbonyl (C=O) groups is 1. The molecule has 0 N–H and O–H groups in total. The number of rotatable bonds is 14. The highest BCUT2D eigenvalue weighted by Gasteiger charge is 2.57. The van der Waals surface area contributed by atoms with Gasteiger partial charge >= 0.3 is 18.3 Å². The van der Waals surface area contributed by atoms with E-state index in [4.69, 9.17) is 40.3 Å². The van der Waals surface area contributed by atoms with Crippen LogP contribution >= 0.6 is 11.6 Å². The average Bonchev–Trinajstić information content (AvgIpc) is 3.92. The summed E-state index contributed by atoms with van der Waals surface area (Å²) >= 11 is 7.20. The first-order valence-electron chi connectivity index (χ1n) is 23.7. The Morgan fingerprint density at radius 1 is 0.873 bits per heavy atom. The van der Waals surface area contributed by atoms with Crippen LogP contribution in [0, 0.1) is 5.82 Å². The van der Waals surface area contributed by atoms with Crippen LogP contribution in [0.4, 0.5) is 42.8 Å². The maximum Gasteiger partial charge on any atom is 0.418 e. The molecular weight excluding hydrogens is 956 g/mol. The molecular formula is C51H56ClF6N7O6. The number of hydrogen-bond donors (Lipinski definition) is 0. The second kappa shape index (κ2) is 19.2. The SMILES string of the molecule is CCOc1c(Cl)c(-c2nc(N(Cc3ccc(OC)cc3)Cc3ccc(OC)cc3)ccc2C(F)(F)F)c(F)c2nc(OC[C@]34CCCN3CC(F)(F)C4)nc(N3C[C@H]4CC[C@@H](C3)N4C(=O)OC(C)(C)C)c12. The number of aromatic nitrogens is 3. The molecule has 0 saturated carbocycles. The van der Waals surface area contributed by atoms with Gasteiger partial charge < -0.3 is 33.5 Å². The first kappa shape index (κ1) is 50.0. The second-order valence-electron chi connectivity index (χ2n) is 19.7. The van der Waals surface area contributed by atoms with Crippen molar-refractivity contribution in [1.29, 1.82) is 0 Å². The van der Waals surface area contributed by atoms with Crippen LogP contribution in [-0.2, 0) is 24.0 Å². The summed E-state index contributed by atoms with van der Waals surface area (Å²) in [6.45, 7) is 7.37. The van der Waals surface area contributed by atoms with E-state index < -0.39 is 75.5 Å². The maximum atomic E-state index is 18.1. The number of benzene rings is 3. The molecule has 3 aromatic carbocycles. The van der Waals surface area contributed by atoms with E-state index >= 15 is 17.6 Å². The standard InChI is InChI=1S/C51H56ClF6N7O6/c1-7-69-44-39-43(60-46(70-29-49-21-8-22-64(49)28-50(54,55)27-49)61-45(39)63-25-32-13-14-33(26-63)65(32)47(66)71-48(2,3)4)41(53)38(40(44)52)42-36(51(56,57)58)19-20-37(59-42)62(23-30-9-15-34(67-5)16-10-30)24-31-11-17-35(68-6)18-12-31/h9-12,15-20,32-33H,7-8,13-14,21-29H2,1-6H3/t32-,33+,49-/m1/s1. The Labute approximate surface area is 412 Å². The number of ether oxygens (including phenoxy) is 5. The van der Waals surface area contributed by atoms with Gasteiger partial charge in [-0.3, -0.25) is 9.80 Å². The van der Waals surface area contributed by atoms with Crippen LogP contribution in [0.3, 0.4) is 0 Å². The molecule has 9 rings (SSSR count). The van der Waals surface area contributed by atoms with Crippen LogP contribution in [0.2, 0.25) is 5.02 Å². The van der Waals surface area contributed by atoms with Gasteiger partial charge in [-0.2, -0.15) is 23.1 Å². The molecule has 71 heavy (non-hydrogen) atoms. The first-order valence-corrected chi connectivity index (χ1v) is 24.0. The van der Waals surface area contributed by atoms with Gasteiger partial charge in [-0.25, -0.2) is 22.9 Å². The van der Waals surface area contributed by atoms with Crippen LogP contribution in [-0.4, -0.2) is 114 Å². The van der Waals surface area contributed by atoms with Crippen molar-refractivity contribution in [3.8, 4) is 34.5 Å². The summed E-state index contributed by atoms with van der Waals surface area (Å²) in [6, 6.07) is 15.3. The molecule has 0 aliphatic carbocycles. The van der Waals surface area contributed by atoms with E-state index in [2.05, 4.69) is 9.97 Å². The number of halogens is 7. The number of carbonyl (C=O) groups excluding carboxylic acids is 1. The number of amides is 1. The largest absolute Gasteiger partial charge is 0.497 e. The molecule has 0 spiro atoms. The van der Waals surface area contributed by atoms with E-state index in [0.29, 0.717) is 43.7 Å². The van der Waals surface area contributed by atoms with Crippen molar-refractivity contribution >= 4 is 40.2 Å². The fourth-order valence-electron chi connectivity index (χ4n) is 10.5. The highest BCUT2D eigenvalue weighted by atomic mass is 35.5. The normalized spacial score (nSPS) is 20.9. The van der Waals surface area contributed by atoms with Crippen molar-refractivity contribution in [2.75, 3.05) is 63.4 Å². The third-order valence-corrected chi connectivity index (χ3v) is 14.0. The lowest BCUT2D eigenvalue weighted by Crippen LogP contribution is -2.57. The second-order valence-corrected chi connectivity index (χ2v) is 20.1. The fraction of sp³-hybridized carbons (Fsp3) is 0.490. The van der Waals surface area contributed by atoms with Crippen LogP contribution < -0.4 is 28.7 Å². The summed E-state index contributed by atoms with van der Waals surface area (Å²) in [4.78, 5) is 34.5. The van der Waals surface area contributed by atoms with Gasteiger partial charge in [-0.05, 0) is 107 Å². The lowest BCUT2D eigenvalue weighted by molar-refractivity contribution is -0.137. The predicted molar refractivity (Wildman–Crippen MR) is 255 cm³/mol. The van der Waals surface area contributed by atoms with Crippen LogP contribution in [0.15, 0.2) is 60.7 Å². The van der Waals surface area contributed by atoms with Gasteiger partial charge in [0, 0.05) is 32.6 Å². The van der Waals surface area contributed by atoms with E-state index in [-0.39, 0.29) is 80.3 Å². The van der Waals surface area contributed by atoms with Gasteiger partial charge in [0.1, 0.15) is 40.9 Å². The smallest absolute Gasteiger partial charge is 0.418 e. The highest BCUT2D eigenvalue weighted by Crippen LogP contribution is 2.51. The lowest BCUT2D eigenvalue weighted by atomic mass is 9.94. The average molecular weight is 1010 g/mol. The van der Waals surface area contributed by atoms with Crippen molar-refractivity contribution in [2.45, 2.75) is 108 Å². The van der Waals surface area contributed by atoms with Crippen molar-refractivity contribution < 1.29 is 54.8 Å². The monoisotopic (exact) mass is 1010 g/mol. The van der Waals surface area contributed by atoms with Gasteiger partial charge in [0.15, 0.2) is 11.6 Å². The van der Waals surface area contributed by atoms with Crippen molar-refractivity contribution in [3.63, 3.8) is 0 Å². The number of methoxy groups -OCH3 is 2. The number of nitrogens with zero attached hydrogens (tertiary/aromatic N) is 7. The summed E-state index contributed by atoms with van der Waals surface area (Å²) in [7, 11) is 3.07. The molecule has 4 saturated heterocycles.